The van der Waals surface area contributed by atoms with Gasteiger partial charge < -0.3 is 0 Å². The van der Waals surface area contributed by atoms with Gasteiger partial charge in [0.25, 0.3) is 0 Å². The summed E-state index contributed by atoms with van der Waals surface area (Å²) in [5, 5.41) is 0. The molecule has 0 aliphatic rings. The van der Waals surface area contributed by atoms with Crippen LogP contribution in [0, 0.1) is 0 Å². The van der Waals surface area contributed by atoms with Crippen molar-refractivity contribution < 1.29 is 0 Å². The van der Waals surface area contributed by atoms with Crippen molar-refractivity contribution in [2.45, 2.75) is 13.8 Å². The topological polar surface area (TPSA) is 3.24 Å². The minimum absolute atomic E-state index is 0.0412. The summed E-state index contributed by atoms with van der Waals surface area (Å²) in [7, 11) is 0.227. The smallest absolute Gasteiger partial charge is 0.000502 e. The first-order valence-corrected chi connectivity index (χ1v) is 8.91. The fourth-order valence-electron chi connectivity index (χ4n) is 1.24. The molecule has 0 aromatic heterocycles. The second kappa shape index (κ2) is 7.92. The van der Waals surface area contributed by atoms with Crippen molar-refractivity contribution in [3.8, 4) is 0 Å². The Morgan fingerprint density at radius 1 is 1.15 bits per heavy atom. The molecule has 1 nitrogen and oxygen atoms in total. The molecule has 0 spiro atoms. The van der Waals surface area contributed by atoms with Gasteiger partial charge in [0, 0.05) is 0 Å². The lowest BCUT2D eigenvalue weighted by Gasteiger charge is -2.27. The Balaban J connectivity index is 3.92. The Hall–Kier alpha value is 0.560. The molecule has 0 N–H and O–H groups in total. The van der Waals surface area contributed by atoms with Gasteiger partial charge in [-0.25, -0.2) is 0 Å². The molecule has 0 bridgehead atoms. The Bertz CT molecular complexity index is 133. The molecular weight excluding hydrogens is 196 g/mol. The Morgan fingerprint density at radius 2 is 1.69 bits per heavy atom. The zero-order valence-corrected chi connectivity index (χ0v) is 11.2. The van der Waals surface area contributed by atoms with E-state index in [4.69, 9.17) is 0 Å². The van der Waals surface area contributed by atoms with Gasteiger partial charge in [0.15, 0.2) is 0 Å². The highest BCUT2D eigenvalue weighted by Gasteiger charge is 2.11. The van der Waals surface area contributed by atoms with Crippen LogP contribution in [-0.4, -0.2) is 43.4 Å². The summed E-state index contributed by atoms with van der Waals surface area (Å²) in [6, 6.07) is 0. The van der Waals surface area contributed by atoms with E-state index in [0.717, 1.165) is 0 Å². The van der Waals surface area contributed by atoms with Crippen LogP contribution < -0.4 is 0 Å². The predicted molar refractivity (Wildman–Crippen MR) is 68.5 cm³/mol. The van der Waals surface area contributed by atoms with Crippen LogP contribution in [0.1, 0.15) is 13.8 Å². The summed E-state index contributed by atoms with van der Waals surface area (Å²) in [4.78, 5) is 0. The van der Waals surface area contributed by atoms with Crippen LogP contribution in [0.3, 0.4) is 0 Å². The van der Waals surface area contributed by atoms with E-state index in [9.17, 15) is 0 Å². The van der Waals surface area contributed by atoms with Crippen LogP contribution >= 0.6 is 16.0 Å². The van der Waals surface area contributed by atoms with Gasteiger partial charge >= 0.3 is 0 Å². The third kappa shape index (κ3) is 5.78. The second-order valence-corrected chi connectivity index (χ2v) is 8.15. The number of hydrogen-bond donors (Lipinski definition) is 0. The molecule has 0 aromatic rings. The zero-order chi connectivity index (χ0) is 10.3. The molecule has 78 valence electrons. The molecular formula is C10H23NP2. The summed E-state index contributed by atoms with van der Waals surface area (Å²) in [5.41, 5.74) is 0. The molecule has 0 fully saturated rings. The maximum atomic E-state index is 3.95. The van der Waals surface area contributed by atoms with Crippen molar-refractivity contribution >= 4 is 16.0 Å². The van der Waals surface area contributed by atoms with Crippen LogP contribution in [0.25, 0.3) is 0 Å². The highest BCUT2D eigenvalue weighted by atomic mass is 31.1. The average molecular weight is 219 g/mol. The Kier molecular flexibility index (Phi) is 8.26. The van der Waals surface area contributed by atoms with Crippen molar-refractivity contribution in [3.63, 3.8) is 0 Å². The highest BCUT2D eigenvalue weighted by Crippen LogP contribution is 2.43. The van der Waals surface area contributed by atoms with Crippen LogP contribution in [-0.2, 0) is 0 Å². The van der Waals surface area contributed by atoms with Crippen LogP contribution in [0.4, 0.5) is 0 Å². The molecule has 0 rings (SSSR count). The molecule has 1 atom stereocenters. The van der Waals surface area contributed by atoms with Crippen molar-refractivity contribution in [2.24, 2.45) is 0 Å². The Labute approximate surface area is 86.1 Å². The SMILES string of the molecule is C=CP(CCP(C)C)N(CC)CC. The first-order chi connectivity index (χ1) is 6.15. The van der Waals surface area contributed by atoms with Crippen LogP contribution in [0.5, 0.6) is 0 Å². The van der Waals surface area contributed by atoms with E-state index in [2.05, 4.69) is 44.2 Å². The van der Waals surface area contributed by atoms with Gasteiger partial charge in [-0.15, -0.1) is 7.92 Å². The molecule has 3 heteroatoms. The lowest BCUT2D eigenvalue weighted by Crippen LogP contribution is -2.17. The van der Waals surface area contributed by atoms with Crippen molar-refractivity contribution in [1.82, 2.24) is 4.67 Å². The highest BCUT2D eigenvalue weighted by molar-refractivity contribution is 7.61. The predicted octanol–water partition coefficient (Wildman–Crippen LogP) is 3.61. The summed E-state index contributed by atoms with van der Waals surface area (Å²) in [6.45, 7) is 15.5. The fourth-order valence-corrected chi connectivity index (χ4v) is 5.08. The van der Waals surface area contributed by atoms with Crippen molar-refractivity contribution in [1.29, 1.82) is 0 Å². The molecule has 13 heavy (non-hydrogen) atoms. The van der Waals surface area contributed by atoms with Gasteiger partial charge in [0.2, 0.25) is 0 Å². The molecule has 0 aliphatic carbocycles. The van der Waals surface area contributed by atoms with Crippen molar-refractivity contribution in [3.05, 3.63) is 12.4 Å². The van der Waals surface area contributed by atoms with E-state index >= 15 is 0 Å². The lowest BCUT2D eigenvalue weighted by molar-refractivity contribution is 0.510. The largest absolute Gasteiger partial charge is 0.279 e. The number of nitrogens with zero attached hydrogens (tertiary/aromatic N) is 1. The third-order valence-corrected chi connectivity index (χ3v) is 5.95. The first kappa shape index (κ1) is 13.6. The van der Waals surface area contributed by atoms with Gasteiger partial charge in [0.1, 0.15) is 0 Å². The van der Waals surface area contributed by atoms with Gasteiger partial charge in [-0.3, -0.25) is 4.67 Å². The van der Waals surface area contributed by atoms with Gasteiger partial charge in [-0.1, -0.05) is 26.2 Å². The quantitative estimate of drug-likeness (QED) is 0.591. The summed E-state index contributed by atoms with van der Waals surface area (Å²) in [6.07, 6.45) is 2.74. The van der Waals surface area contributed by atoms with Crippen LogP contribution in [0.15, 0.2) is 12.4 Å². The minimum atomic E-state index is -0.0412. The molecule has 0 aliphatic heterocycles. The van der Waals surface area contributed by atoms with E-state index in [-0.39, 0.29) is 16.0 Å². The van der Waals surface area contributed by atoms with E-state index in [1.54, 1.807) is 0 Å². The molecule has 0 amide bonds. The molecule has 0 heterocycles. The van der Waals surface area contributed by atoms with Gasteiger partial charge in [0.05, 0.1) is 0 Å². The maximum absolute atomic E-state index is 3.95. The van der Waals surface area contributed by atoms with E-state index in [1.807, 2.05) is 0 Å². The Morgan fingerprint density at radius 3 is 2.00 bits per heavy atom. The maximum Gasteiger partial charge on any atom is -0.000502 e. The number of rotatable bonds is 7. The van der Waals surface area contributed by atoms with E-state index in [1.165, 1.54) is 25.4 Å². The second-order valence-electron chi connectivity index (χ2n) is 3.29. The van der Waals surface area contributed by atoms with Crippen LogP contribution in [0.2, 0.25) is 0 Å². The van der Waals surface area contributed by atoms with Crippen molar-refractivity contribution in [2.75, 3.05) is 38.7 Å². The standard InChI is InChI=1S/C10H23NP2/c1-6-11(7-2)13(8-3)10-9-12(4)5/h8H,3,6-7,9-10H2,1-2,4-5H3. The van der Waals surface area contributed by atoms with E-state index in [0.29, 0.717) is 0 Å². The lowest BCUT2D eigenvalue weighted by atomic mass is 10.7. The molecule has 0 saturated heterocycles. The first-order valence-electron chi connectivity index (χ1n) is 4.94. The molecule has 1 unspecified atom stereocenters. The summed E-state index contributed by atoms with van der Waals surface area (Å²) >= 11 is 0. The monoisotopic (exact) mass is 219 g/mol. The minimum Gasteiger partial charge on any atom is -0.279 e. The zero-order valence-electron chi connectivity index (χ0n) is 9.45. The molecule has 0 aromatic carbocycles. The van der Waals surface area contributed by atoms with Gasteiger partial charge in [-0.05, 0) is 46.8 Å². The average Bonchev–Trinajstić information content (AvgIpc) is 2.11. The van der Waals surface area contributed by atoms with E-state index < -0.39 is 0 Å². The normalized spacial score (nSPS) is 13.7. The number of hydrogen-bond acceptors (Lipinski definition) is 1. The molecule has 0 saturated carbocycles. The third-order valence-electron chi connectivity index (χ3n) is 2.08. The summed E-state index contributed by atoms with van der Waals surface area (Å²) < 4.78 is 2.54. The summed E-state index contributed by atoms with van der Waals surface area (Å²) in [5.74, 6) is 2.17. The fraction of sp³-hybridized carbons (Fsp3) is 0.800. The molecule has 0 radical (unpaired) electrons. The van der Waals surface area contributed by atoms with Gasteiger partial charge in [-0.2, -0.15) is 0 Å².